The van der Waals surface area contributed by atoms with Gasteiger partial charge in [-0.3, -0.25) is 9.59 Å². The summed E-state index contributed by atoms with van der Waals surface area (Å²) in [5.74, 6) is 1.34. The molecule has 1 atom stereocenters. The molecule has 0 aliphatic carbocycles. The number of nitrogens with one attached hydrogen (secondary N) is 2. The number of hydrogen-bond acceptors (Lipinski definition) is 4. The van der Waals surface area contributed by atoms with Gasteiger partial charge in [0.15, 0.2) is 0 Å². The van der Waals surface area contributed by atoms with Gasteiger partial charge in [-0.2, -0.15) is 5.10 Å². The van der Waals surface area contributed by atoms with E-state index in [1.165, 1.54) is 5.56 Å². The summed E-state index contributed by atoms with van der Waals surface area (Å²) in [5, 5.41) is 4.05. The van der Waals surface area contributed by atoms with E-state index in [0.717, 1.165) is 42.0 Å². The van der Waals surface area contributed by atoms with Crippen LogP contribution in [0.25, 0.3) is 11.0 Å². The molecule has 0 saturated carbocycles. The van der Waals surface area contributed by atoms with Crippen molar-refractivity contribution in [1.29, 1.82) is 0 Å². The minimum Gasteiger partial charge on any atom is -0.342 e. The summed E-state index contributed by atoms with van der Waals surface area (Å²) in [7, 11) is 0. The Bertz CT molecular complexity index is 901. The van der Waals surface area contributed by atoms with Gasteiger partial charge < -0.3 is 9.88 Å². The molecule has 0 bridgehead atoms. The molecule has 1 fully saturated rings. The lowest BCUT2D eigenvalue weighted by Crippen LogP contribution is -2.39. The first-order chi connectivity index (χ1) is 13.1. The van der Waals surface area contributed by atoms with Gasteiger partial charge in [0.1, 0.15) is 5.82 Å². The number of piperidine rings is 1. The largest absolute Gasteiger partial charge is 0.342 e. The number of H-pyrrole nitrogens is 1. The molecule has 7 nitrogen and oxygen atoms in total. The highest BCUT2D eigenvalue weighted by Gasteiger charge is 2.27. The van der Waals surface area contributed by atoms with Crippen molar-refractivity contribution >= 4 is 28.6 Å². The Morgan fingerprint density at radius 3 is 3.00 bits per heavy atom. The number of carbonyl (C=O) groups excluding carboxylic acids is 2. The number of fused-ring (bicyclic) bond motifs is 1. The maximum atomic E-state index is 12.7. The van der Waals surface area contributed by atoms with Crippen molar-refractivity contribution in [3.8, 4) is 0 Å². The standard InChI is InChI=1S/C20H25N5O2/c1-13-4-2-6-16-19(13)22-20(21-16)14-5-3-11-25(12-14)18(27)10-8-15-7-9-17(26)24-23-15/h2,4,6,14H,3,5,7-12H2,1H3,(H,21,22)(H,24,26). The van der Waals surface area contributed by atoms with Crippen LogP contribution in [0.15, 0.2) is 23.3 Å². The van der Waals surface area contributed by atoms with Gasteiger partial charge in [0.2, 0.25) is 11.8 Å². The predicted molar refractivity (Wildman–Crippen MR) is 103 cm³/mol. The second-order valence-electron chi connectivity index (χ2n) is 7.49. The summed E-state index contributed by atoms with van der Waals surface area (Å²) in [6, 6.07) is 6.15. The third kappa shape index (κ3) is 3.86. The Balaban J connectivity index is 1.39. The van der Waals surface area contributed by atoms with Crippen molar-refractivity contribution in [2.75, 3.05) is 13.1 Å². The molecule has 3 heterocycles. The Kier molecular flexibility index (Phi) is 4.92. The fourth-order valence-corrected chi connectivity index (χ4v) is 3.92. The van der Waals surface area contributed by atoms with Gasteiger partial charge in [-0.25, -0.2) is 10.4 Å². The van der Waals surface area contributed by atoms with E-state index in [1.54, 1.807) is 0 Å². The molecule has 2 amide bonds. The maximum Gasteiger partial charge on any atom is 0.240 e. The first-order valence-corrected chi connectivity index (χ1v) is 9.67. The molecule has 2 N–H and O–H groups in total. The summed E-state index contributed by atoms with van der Waals surface area (Å²) >= 11 is 0. The van der Waals surface area contributed by atoms with Crippen LogP contribution >= 0.6 is 0 Å². The number of likely N-dealkylation sites (tertiary alicyclic amines) is 1. The minimum atomic E-state index is -0.0509. The molecule has 2 aliphatic rings. The number of aromatic amines is 1. The number of aromatic nitrogens is 2. The summed E-state index contributed by atoms with van der Waals surface area (Å²) in [6.07, 6.45) is 4.21. The molecule has 1 unspecified atom stereocenters. The third-order valence-corrected chi connectivity index (χ3v) is 5.50. The molecule has 27 heavy (non-hydrogen) atoms. The topological polar surface area (TPSA) is 90.5 Å². The monoisotopic (exact) mass is 367 g/mol. The fraction of sp³-hybridized carbons (Fsp3) is 0.500. The Morgan fingerprint density at radius 2 is 2.22 bits per heavy atom. The van der Waals surface area contributed by atoms with Gasteiger partial charge in [-0.15, -0.1) is 0 Å². The number of rotatable bonds is 4. The zero-order chi connectivity index (χ0) is 18.8. The van der Waals surface area contributed by atoms with E-state index in [-0.39, 0.29) is 17.7 Å². The van der Waals surface area contributed by atoms with Crippen LogP contribution in [0.2, 0.25) is 0 Å². The van der Waals surface area contributed by atoms with E-state index in [1.807, 2.05) is 17.0 Å². The van der Waals surface area contributed by atoms with E-state index in [2.05, 4.69) is 28.5 Å². The molecule has 0 spiro atoms. The van der Waals surface area contributed by atoms with Crippen molar-refractivity contribution in [1.82, 2.24) is 20.3 Å². The number of aryl methyl sites for hydroxylation is 1. The molecule has 4 rings (SSSR count). The van der Waals surface area contributed by atoms with Gasteiger partial charge in [0, 0.05) is 37.6 Å². The molecular weight excluding hydrogens is 342 g/mol. The van der Waals surface area contributed by atoms with Gasteiger partial charge in [-0.05, 0) is 44.2 Å². The number of benzene rings is 1. The predicted octanol–water partition coefficient (Wildman–Crippen LogP) is 2.62. The van der Waals surface area contributed by atoms with Gasteiger partial charge in [0.25, 0.3) is 0 Å². The third-order valence-electron chi connectivity index (χ3n) is 5.50. The lowest BCUT2D eigenvalue weighted by Gasteiger charge is -2.32. The average Bonchev–Trinajstić information content (AvgIpc) is 3.13. The van der Waals surface area contributed by atoms with Crippen LogP contribution in [-0.4, -0.2) is 45.5 Å². The molecular formula is C20H25N5O2. The van der Waals surface area contributed by atoms with Crippen LogP contribution in [0.4, 0.5) is 0 Å². The van der Waals surface area contributed by atoms with Crippen LogP contribution in [0.3, 0.4) is 0 Å². The van der Waals surface area contributed by atoms with Gasteiger partial charge >= 0.3 is 0 Å². The highest BCUT2D eigenvalue weighted by molar-refractivity contribution is 5.94. The van der Waals surface area contributed by atoms with E-state index in [4.69, 9.17) is 4.98 Å². The molecule has 142 valence electrons. The number of nitrogens with zero attached hydrogens (tertiary/aromatic N) is 3. The molecule has 2 aliphatic heterocycles. The lowest BCUT2D eigenvalue weighted by molar-refractivity contribution is -0.132. The molecule has 1 saturated heterocycles. The molecule has 1 aromatic carbocycles. The van der Waals surface area contributed by atoms with E-state index in [9.17, 15) is 9.59 Å². The highest BCUT2D eigenvalue weighted by atomic mass is 16.2. The number of amides is 2. The lowest BCUT2D eigenvalue weighted by atomic mass is 9.96. The second kappa shape index (κ2) is 7.50. The first-order valence-electron chi connectivity index (χ1n) is 9.67. The van der Waals surface area contributed by atoms with Crippen molar-refractivity contribution in [2.45, 2.75) is 51.4 Å². The zero-order valence-corrected chi connectivity index (χ0v) is 15.6. The van der Waals surface area contributed by atoms with Crippen LogP contribution in [0.1, 0.15) is 55.8 Å². The summed E-state index contributed by atoms with van der Waals surface area (Å²) in [6.45, 7) is 3.58. The Hall–Kier alpha value is -2.70. The number of imidazole rings is 1. The first kappa shape index (κ1) is 17.7. The molecule has 7 heteroatoms. The van der Waals surface area contributed by atoms with Crippen LogP contribution in [-0.2, 0) is 9.59 Å². The fourth-order valence-electron chi connectivity index (χ4n) is 3.92. The molecule has 1 aromatic heterocycles. The molecule has 0 radical (unpaired) electrons. The normalized spacial score (nSPS) is 20.5. The van der Waals surface area contributed by atoms with E-state index < -0.39 is 0 Å². The Labute approximate surface area is 158 Å². The second-order valence-corrected chi connectivity index (χ2v) is 7.49. The quantitative estimate of drug-likeness (QED) is 0.870. The smallest absolute Gasteiger partial charge is 0.240 e. The summed E-state index contributed by atoms with van der Waals surface area (Å²) < 4.78 is 0. The van der Waals surface area contributed by atoms with Crippen molar-refractivity contribution in [3.63, 3.8) is 0 Å². The maximum absolute atomic E-state index is 12.7. The summed E-state index contributed by atoms with van der Waals surface area (Å²) in [5.41, 5.74) is 6.65. The number of hydrogen-bond donors (Lipinski definition) is 2. The highest BCUT2D eigenvalue weighted by Crippen LogP contribution is 2.28. The van der Waals surface area contributed by atoms with Crippen LogP contribution in [0, 0.1) is 6.92 Å². The van der Waals surface area contributed by atoms with E-state index in [0.29, 0.717) is 32.2 Å². The van der Waals surface area contributed by atoms with Gasteiger partial charge in [-0.1, -0.05) is 12.1 Å². The number of carbonyl (C=O) groups is 2. The molecule has 2 aromatic rings. The van der Waals surface area contributed by atoms with E-state index >= 15 is 0 Å². The summed E-state index contributed by atoms with van der Waals surface area (Å²) in [4.78, 5) is 34.0. The number of para-hydroxylation sites is 1. The minimum absolute atomic E-state index is 0.0509. The Morgan fingerprint density at radius 1 is 1.33 bits per heavy atom. The van der Waals surface area contributed by atoms with Crippen LogP contribution in [0.5, 0.6) is 0 Å². The zero-order valence-electron chi connectivity index (χ0n) is 15.6. The number of hydrazone groups is 1. The van der Waals surface area contributed by atoms with Crippen LogP contribution < -0.4 is 5.43 Å². The van der Waals surface area contributed by atoms with Crippen molar-refractivity contribution in [3.05, 3.63) is 29.6 Å². The SMILES string of the molecule is Cc1cccc2[nH]c(C3CCCN(C(=O)CCC4=NNC(=O)CC4)C3)nc12. The van der Waals surface area contributed by atoms with Crippen molar-refractivity contribution < 1.29 is 9.59 Å². The average molecular weight is 367 g/mol. The van der Waals surface area contributed by atoms with Gasteiger partial charge in [0.05, 0.1) is 11.0 Å². The van der Waals surface area contributed by atoms with Crippen molar-refractivity contribution in [2.24, 2.45) is 5.10 Å².